The van der Waals surface area contributed by atoms with E-state index in [2.05, 4.69) is 0 Å². The summed E-state index contributed by atoms with van der Waals surface area (Å²) in [7, 11) is 1.35. The van der Waals surface area contributed by atoms with E-state index in [1.807, 2.05) is 11.4 Å². The molecule has 1 aliphatic heterocycles. The van der Waals surface area contributed by atoms with Crippen molar-refractivity contribution >= 4 is 23.2 Å². The van der Waals surface area contributed by atoms with Gasteiger partial charge in [0.1, 0.15) is 0 Å². The van der Waals surface area contributed by atoms with E-state index >= 15 is 0 Å². The summed E-state index contributed by atoms with van der Waals surface area (Å²) >= 11 is 1.62. The molecule has 0 radical (unpaired) electrons. The number of thiophene rings is 1. The van der Waals surface area contributed by atoms with Crippen molar-refractivity contribution in [3.05, 3.63) is 34.0 Å². The summed E-state index contributed by atoms with van der Waals surface area (Å²) in [5.74, 6) is -0.531. The molecule has 1 aromatic heterocycles. The molecule has 1 atom stereocenters. The van der Waals surface area contributed by atoms with E-state index in [1.165, 1.54) is 13.2 Å². The molecule has 2 rings (SSSR count). The molecule has 0 saturated carbocycles. The predicted octanol–water partition coefficient (Wildman–Crippen LogP) is 1.92. The van der Waals surface area contributed by atoms with Crippen molar-refractivity contribution < 1.29 is 14.3 Å². The summed E-state index contributed by atoms with van der Waals surface area (Å²) in [5, 5.41) is 1.95. The van der Waals surface area contributed by atoms with Gasteiger partial charge in [-0.05, 0) is 36.4 Å². The number of allylic oxidation sites excluding steroid dienone is 1. The largest absolute Gasteiger partial charge is 0.467 e. The highest BCUT2D eigenvalue weighted by molar-refractivity contribution is 7.10. The van der Waals surface area contributed by atoms with Crippen molar-refractivity contribution in [3.63, 3.8) is 0 Å². The SMILES string of the molecule is C/C=C/C(=O)N1CCc2sccc2C1C(=O)OC. The zero-order valence-corrected chi connectivity index (χ0v) is 11.2. The first kappa shape index (κ1) is 12.8. The van der Waals surface area contributed by atoms with E-state index in [9.17, 15) is 9.59 Å². The van der Waals surface area contributed by atoms with Crippen molar-refractivity contribution in [2.24, 2.45) is 0 Å². The van der Waals surface area contributed by atoms with E-state index in [0.29, 0.717) is 6.54 Å². The lowest BCUT2D eigenvalue weighted by Gasteiger charge is -2.33. The fourth-order valence-electron chi connectivity index (χ4n) is 2.16. The minimum absolute atomic E-state index is 0.148. The predicted molar refractivity (Wildman–Crippen MR) is 69.3 cm³/mol. The molecule has 0 fully saturated rings. The van der Waals surface area contributed by atoms with Crippen molar-refractivity contribution in [1.29, 1.82) is 0 Å². The van der Waals surface area contributed by atoms with Gasteiger partial charge in [0.15, 0.2) is 6.04 Å². The topological polar surface area (TPSA) is 46.6 Å². The quantitative estimate of drug-likeness (QED) is 0.606. The third kappa shape index (κ3) is 2.18. The lowest BCUT2D eigenvalue weighted by atomic mass is 10.00. The molecule has 1 aromatic rings. The zero-order chi connectivity index (χ0) is 13.1. The first-order valence-corrected chi connectivity index (χ1v) is 6.64. The second-order valence-corrected chi connectivity index (χ2v) is 5.01. The van der Waals surface area contributed by atoms with Gasteiger partial charge in [0.2, 0.25) is 5.91 Å². The van der Waals surface area contributed by atoms with Gasteiger partial charge in [-0.1, -0.05) is 6.08 Å². The van der Waals surface area contributed by atoms with Crippen molar-refractivity contribution in [3.8, 4) is 0 Å². The molecule has 1 amide bonds. The molecule has 1 aliphatic rings. The van der Waals surface area contributed by atoms with E-state index in [0.717, 1.165) is 16.9 Å². The van der Waals surface area contributed by atoms with E-state index in [1.54, 1.807) is 29.2 Å². The van der Waals surface area contributed by atoms with Gasteiger partial charge in [0, 0.05) is 11.4 Å². The fourth-order valence-corrected chi connectivity index (χ4v) is 3.06. The zero-order valence-electron chi connectivity index (χ0n) is 10.4. The Morgan fingerprint density at radius 3 is 3.00 bits per heavy atom. The highest BCUT2D eigenvalue weighted by atomic mass is 32.1. The van der Waals surface area contributed by atoms with Crippen LogP contribution in [-0.2, 0) is 20.7 Å². The van der Waals surface area contributed by atoms with Crippen LogP contribution in [0.15, 0.2) is 23.6 Å². The van der Waals surface area contributed by atoms with Gasteiger partial charge in [-0.15, -0.1) is 11.3 Å². The Bertz CT molecular complexity index is 492. The van der Waals surface area contributed by atoms with E-state index in [-0.39, 0.29) is 11.9 Å². The van der Waals surface area contributed by atoms with Crippen molar-refractivity contribution in [1.82, 2.24) is 4.90 Å². The molecule has 4 nitrogen and oxygen atoms in total. The van der Waals surface area contributed by atoms with Crippen LogP contribution >= 0.6 is 11.3 Å². The minimum Gasteiger partial charge on any atom is -0.467 e. The monoisotopic (exact) mass is 265 g/mol. The molecule has 18 heavy (non-hydrogen) atoms. The summed E-state index contributed by atoms with van der Waals surface area (Å²) in [6.07, 6.45) is 3.96. The Hall–Kier alpha value is -1.62. The highest BCUT2D eigenvalue weighted by Gasteiger charge is 2.36. The smallest absolute Gasteiger partial charge is 0.333 e. The molecule has 0 saturated heterocycles. The Morgan fingerprint density at radius 1 is 1.56 bits per heavy atom. The van der Waals surface area contributed by atoms with Crippen LogP contribution in [-0.4, -0.2) is 30.4 Å². The number of nitrogens with zero attached hydrogens (tertiary/aromatic N) is 1. The Labute approximate surface area is 110 Å². The van der Waals surface area contributed by atoms with Crippen LogP contribution in [0.5, 0.6) is 0 Å². The molecule has 1 unspecified atom stereocenters. The first-order valence-electron chi connectivity index (χ1n) is 5.76. The maximum atomic E-state index is 12.0. The maximum Gasteiger partial charge on any atom is 0.333 e. The molecule has 2 heterocycles. The average molecular weight is 265 g/mol. The van der Waals surface area contributed by atoms with Gasteiger partial charge in [0.05, 0.1) is 7.11 Å². The summed E-state index contributed by atoms with van der Waals surface area (Å²) in [6, 6.07) is 1.30. The molecule has 5 heteroatoms. The average Bonchev–Trinajstić information content (AvgIpc) is 2.85. The number of carbonyl (C=O) groups is 2. The molecule has 0 spiro atoms. The Balaban J connectivity index is 2.37. The van der Waals surface area contributed by atoms with E-state index in [4.69, 9.17) is 4.74 Å². The second-order valence-electron chi connectivity index (χ2n) is 4.01. The van der Waals surface area contributed by atoms with Crippen LogP contribution in [0.4, 0.5) is 0 Å². The van der Waals surface area contributed by atoms with Gasteiger partial charge in [-0.25, -0.2) is 4.79 Å². The highest BCUT2D eigenvalue weighted by Crippen LogP contribution is 2.34. The molecule has 96 valence electrons. The van der Waals surface area contributed by atoms with Crippen LogP contribution in [0.2, 0.25) is 0 Å². The Morgan fingerprint density at radius 2 is 2.33 bits per heavy atom. The van der Waals surface area contributed by atoms with Crippen LogP contribution in [0.1, 0.15) is 23.4 Å². The summed E-state index contributed by atoms with van der Waals surface area (Å²) in [6.45, 7) is 2.33. The van der Waals surface area contributed by atoms with Crippen molar-refractivity contribution in [2.75, 3.05) is 13.7 Å². The molecular formula is C13H15NO3S. The number of esters is 1. The first-order chi connectivity index (χ1) is 8.69. The van der Waals surface area contributed by atoms with Crippen LogP contribution in [0, 0.1) is 0 Å². The molecular weight excluding hydrogens is 250 g/mol. The standard InChI is InChI=1S/C13H15NO3S/c1-3-4-11(15)14-7-5-10-9(6-8-18-10)12(14)13(16)17-2/h3-4,6,8,12H,5,7H2,1-2H3/b4-3+. The van der Waals surface area contributed by atoms with Gasteiger partial charge in [0.25, 0.3) is 0 Å². The van der Waals surface area contributed by atoms with Crippen LogP contribution < -0.4 is 0 Å². The summed E-state index contributed by atoms with van der Waals surface area (Å²) in [4.78, 5) is 26.6. The number of amides is 1. The number of rotatable bonds is 2. The van der Waals surface area contributed by atoms with Gasteiger partial charge < -0.3 is 9.64 Å². The van der Waals surface area contributed by atoms with Gasteiger partial charge in [-0.3, -0.25) is 4.79 Å². The maximum absolute atomic E-state index is 12.0. The number of hydrogen-bond acceptors (Lipinski definition) is 4. The number of methoxy groups -OCH3 is 1. The number of carbonyl (C=O) groups excluding carboxylic acids is 2. The molecule has 0 aromatic carbocycles. The lowest BCUT2D eigenvalue weighted by molar-refractivity contribution is -0.152. The summed E-state index contributed by atoms with van der Waals surface area (Å²) < 4.78 is 4.82. The third-order valence-electron chi connectivity index (χ3n) is 2.98. The molecule has 0 bridgehead atoms. The lowest BCUT2D eigenvalue weighted by Crippen LogP contribution is -2.42. The molecule has 0 N–H and O–H groups in total. The third-order valence-corrected chi connectivity index (χ3v) is 3.98. The normalized spacial score (nSPS) is 18.8. The number of fused-ring (bicyclic) bond motifs is 1. The Kier molecular flexibility index (Phi) is 3.81. The van der Waals surface area contributed by atoms with Gasteiger partial charge in [-0.2, -0.15) is 0 Å². The molecule has 0 aliphatic carbocycles. The van der Waals surface area contributed by atoms with Gasteiger partial charge >= 0.3 is 5.97 Å². The van der Waals surface area contributed by atoms with Crippen molar-refractivity contribution in [2.45, 2.75) is 19.4 Å². The summed E-state index contributed by atoms with van der Waals surface area (Å²) in [5.41, 5.74) is 0.899. The minimum atomic E-state index is -0.603. The fraction of sp³-hybridized carbons (Fsp3) is 0.385. The van der Waals surface area contributed by atoms with E-state index < -0.39 is 6.04 Å². The second kappa shape index (κ2) is 5.35. The van der Waals surface area contributed by atoms with Crippen LogP contribution in [0.3, 0.4) is 0 Å². The number of ether oxygens (including phenoxy) is 1. The van der Waals surface area contributed by atoms with Crippen LogP contribution in [0.25, 0.3) is 0 Å². The number of hydrogen-bond donors (Lipinski definition) is 0.